The molecular weight excluding hydrogens is 820 g/mol. The summed E-state index contributed by atoms with van der Waals surface area (Å²) < 4.78 is 52.7. The van der Waals surface area contributed by atoms with Crippen LogP contribution in [-0.2, 0) is 52.2 Å². The Bertz CT molecular complexity index is 1410. The van der Waals surface area contributed by atoms with Gasteiger partial charge in [0.1, 0.15) is 110 Å². The third-order valence-corrected chi connectivity index (χ3v) is 11.0. The molecule has 5 aliphatic heterocycles. The minimum atomic E-state index is -2.03. The van der Waals surface area contributed by atoms with Gasteiger partial charge in [0.05, 0.1) is 32.0 Å². The Morgan fingerprint density at radius 1 is 0.433 bits per heavy atom. The Labute approximate surface area is 342 Å². The Kier molecular flexibility index (Phi) is 16.9. The molecule has 0 unspecified atom stereocenters. The first kappa shape index (κ1) is 49.1. The molecule has 0 aliphatic carbocycles. The van der Waals surface area contributed by atoms with Crippen LogP contribution in [0.15, 0.2) is 0 Å². The zero-order valence-electron chi connectivity index (χ0n) is 32.9. The normalized spacial score (nSPS) is 50.2. The van der Waals surface area contributed by atoms with Crippen molar-refractivity contribution in [1.29, 1.82) is 0 Å². The largest absolute Gasteiger partial charge is 0.394 e. The van der Waals surface area contributed by atoms with Gasteiger partial charge in [-0.15, -0.1) is 0 Å². The van der Waals surface area contributed by atoms with Gasteiger partial charge in [-0.1, -0.05) is 0 Å². The van der Waals surface area contributed by atoms with Crippen LogP contribution in [0.3, 0.4) is 0 Å². The van der Waals surface area contributed by atoms with E-state index >= 15 is 0 Å². The first-order valence-corrected chi connectivity index (χ1v) is 19.3. The van der Waals surface area contributed by atoms with Crippen LogP contribution < -0.4 is 10.6 Å². The van der Waals surface area contributed by atoms with Crippen molar-refractivity contribution < 1.29 is 119 Å². The summed E-state index contributed by atoms with van der Waals surface area (Å²) in [5.41, 5.74) is 0. The van der Waals surface area contributed by atoms with Crippen molar-refractivity contribution in [3.8, 4) is 0 Å². The van der Waals surface area contributed by atoms with Crippen LogP contribution in [0.5, 0.6) is 0 Å². The molecule has 15 N–H and O–H groups in total. The van der Waals surface area contributed by atoms with Gasteiger partial charge < -0.3 is 120 Å². The highest BCUT2D eigenvalue weighted by molar-refractivity contribution is 5.73. The minimum absolute atomic E-state index is 0.723. The Morgan fingerprint density at radius 3 is 1.37 bits per heavy atom. The SMILES string of the molecule is CC(=O)N[C@@H]1[C@@H](O[C@@H]2O[C@H](CO)[C@@H](O[C@@H]3O[C@H](CO)[C@H](O)[C@H](O)[C@H]3O[C@@H]3O[C@@H](C)[C@@H](O)[C@@H](O)[C@@H]3O)[C@H](O[C@@H]3O[C@@H](C)[C@@H](O)[C@@H](O)[C@@H]3O)[C@H]2NC(C)=O)[C@@H](O)[C@@H](CO)O[C@@H]1O. The number of aliphatic hydroxyl groups excluding tert-OH is 13. The summed E-state index contributed by atoms with van der Waals surface area (Å²) in [5.74, 6) is -1.54. The summed E-state index contributed by atoms with van der Waals surface area (Å²) in [6.45, 7) is 2.00. The molecule has 0 aromatic rings. The predicted octanol–water partition coefficient (Wildman–Crippen LogP) is -9.58. The van der Waals surface area contributed by atoms with Crippen molar-refractivity contribution in [2.45, 2.75) is 181 Å². The summed E-state index contributed by atoms with van der Waals surface area (Å²) >= 11 is 0. The number of hydrogen-bond donors (Lipinski definition) is 15. The van der Waals surface area contributed by atoms with Crippen LogP contribution in [0, 0.1) is 0 Å². The fourth-order valence-corrected chi connectivity index (χ4v) is 7.70. The maximum absolute atomic E-state index is 12.9. The molecule has 26 nitrogen and oxygen atoms in total. The number of rotatable bonds is 13. The number of nitrogens with one attached hydrogen (secondary N) is 2. The molecule has 0 spiro atoms. The van der Waals surface area contributed by atoms with Gasteiger partial charge in [-0.05, 0) is 13.8 Å². The maximum atomic E-state index is 12.9. The van der Waals surface area contributed by atoms with E-state index in [0.29, 0.717) is 0 Å². The first-order valence-electron chi connectivity index (χ1n) is 19.3. The fraction of sp³-hybridized carbons (Fsp3) is 0.941. The quantitative estimate of drug-likeness (QED) is 0.0817. The second-order valence-corrected chi connectivity index (χ2v) is 15.4. The molecule has 348 valence electrons. The maximum Gasteiger partial charge on any atom is 0.217 e. The van der Waals surface area contributed by atoms with E-state index in [-0.39, 0.29) is 0 Å². The third kappa shape index (κ3) is 10.4. The van der Waals surface area contributed by atoms with E-state index in [0.717, 1.165) is 13.8 Å². The number of carbonyl (C=O) groups excluding carboxylic acids is 2. The number of hydrogen-bond acceptors (Lipinski definition) is 24. The lowest BCUT2D eigenvalue weighted by molar-refractivity contribution is -0.396. The molecule has 2 amide bonds. The van der Waals surface area contributed by atoms with E-state index < -0.39 is 185 Å². The van der Waals surface area contributed by atoms with Crippen molar-refractivity contribution in [3.05, 3.63) is 0 Å². The Hall–Kier alpha value is -1.94. The Morgan fingerprint density at radius 2 is 0.867 bits per heavy atom. The lowest BCUT2D eigenvalue weighted by Crippen LogP contribution is -2.72. The molecule has 5 rings (SSSR count). The van der Waals surface area contributed by atoms with Gasteiger partial charge in [-0.3, -0.25) is 9.59 Å². The Balaban J connectivity index is 1.57. The van der Waals surface area contributed by atoms with E-state index in [1.165, 1.54) is 13.8 Å². The van der Waals surface area contributed by atoms with Crippen LogP contribution in [0.4, 0.5) is 0 Å². The smallest absolute Gasteiger partial charge is 0.217 e. The molecule has 5 heterocycles. The molecule has 0 aromatic heterocycles. The molecule has 5 fully saturated rings. The summed E-state index contributed by atoms with van der Waals surface area (Å²) in [6.07, 6.45) is -40.4. The first-order chi connectivity index (χ1) is 28.2. The van der Waals surface area contributed by atoms with E-state index in [9.17, 15) is 76.0 Å². The van der Waals surface area contributed by atoms with Crippen molar-refractivity contribution in [1.82, 2.24) is 10.6 Å². The lowest BCUT2D eigenvalue weighted by atomic mass is 9.93. The number of aliphatic hydroxyl groups is 13. The number of amides is 2. The predicted molar refractivity (Wildman–Crippen MR) is 187 cm³/mol. The molecule has 0 saturated carbocycles. The van der Waals surface area contributed by atoms with Gasteiger partial charge in [0.25, 0.3) is 0 Å². The number of carbonyl (C=O) groups is 2. The molecule has 0 aromatic carbocycles. The van der Waals surface area contributed by atoms with Crippen molar-refractivity contribution in [2.75, 3.05) is 19.8 Å². The topological polar surface area (TPSA) is 404 Å². The molecular formula is C34H58N2O24. The molecule has 0 bridgehead atoms. The van der Waals surface area contributed by atoms with Crippen LogP contribution in [0.25, 0.3) is 0 Å². The summed E-state index contributed by atoms with van der Waals surface area (Å²) in [7, 11) is 0. The molecule has 60 heavy (non-hydrogen) atoms. The molecule has 26 heteroatoms. The van der Waals surface area contributed by atoms with Gasteiger partial charge in [0, 0.05) is 13.8 Å². The molecule has 5 saturated heterocycles. The standard InChI is InChI=1S/C34H58N2O24/c1-8-17(42)21(46)24(49)32(52-8)59-28-16(36-11(4)41)31(58-27-15(35-10(3)40)30(51)54-13(6-38)20(27)45)56-14(7-39)26(28)57-34-29(23(48)19(44)12(5-37)55-34)60-33-25(50)22(47)18(43)9(2)53-33/h8-9,12-34,37-39,42-51H,5-7H2,1-4H3,(H,35,40)(H,36,41)/t8-,9-,12+,13+,14+,15+,16+,17+,18+,19-,20-,21+,22+,23-,24-,25-,26+,27+,28+,29+,30-,31-,32-,33-,34-/m0/s1. The second-order valence-electron chi connectivity index (χ2n) is 15.4. The zero-order valence-corrected chi connectivity index (χ0v) is 32.9. The third-order valence-electron chi connectivity index (χ3n) is 11.0. The van der Waals surface area contributed by atoms with Gasteiger partial charge in [-0.25, -0.2) is 0 Å². The van der Waals surface area contributed by atoms with Crippen molar-refractivity contribution in [3.63, 3.8) is 0 Å². The zero-order chi connectivity index (χ0) is 44.5. The van der Waals surface area contributed by atoms with Gasteiger partial charge in [-0.2, -0.15) is 0 Å². The van der Waals surface area contributed by atoms with E-state index in [2.05, 4.69) is 10.6 Å². The summed E-state index contributed by atoms with van der Waals surface area (Å²) in [6, 6.07) is -3.27. The van der Waals surface area contributed by atoms with Gasteiger partial charge in [0.2, 0.25) is 11.8 Å². The van der Waals surface area contributed by atoms with Crippen LogP contribution in [0.2, 0.25) is 0 Å². The fourth-order valence-electron chi connectivity index (χ4n) is 7.70. The monoisotopic (exact) mass is 878 g/mol. The average molecular weight is 879 g/mol. The summed E-state index contributed by atoms with van der Waals surface area (Å²) in [5, 5.41) is 143. The van der Waals surface area contributed by atoms with Crippen molar-refractivity contribution in [2.24, 2.45) is 0 Å². The molecule has 5 aliphatic rings. The highest BCUT2D eigenvalue weighted by atomic mass is 16.8. The van der Waals surface area contributed by atoms with Gasteiger partial charge in [0.15, 0.2) is 31.5 Å². The highest BCUT2D eigenvalue weighted by Gasteiger charge is 2.58. The average Bonchev–Trinajstić information content (AvgIpc) is 3.20. The van der Waals surface area contributed by atoms with E-state index in [1.54, 1.807) is 0 Å². The van der Waals surface area contributed by atoms with Crippen LogP contribution >= 0.6 is 0 Å². The molecule has 25 atom stereocenters. The van der Waals surface area contributed by atoms with E-state index in [4.69, 9.17) is 42.6 Å². The highest BCUT2D eigenvalue weighted by Crippen LogP contribution is 2.37. The van der Waals surface area contributed by atoms with Crippen LogP contribution in [0.1, 0.15) is 27.7 Å². The van der Waals surface area contributed by atoms with Crippen LogP contribution in [-0.4, -0.2) is 251 Å². The summed E-state index contributed by atoms with van der Waals surface area (Å²) in [4.78, 5) is 25.0. The molecule has 0 radical (unpaired) electrons. The van der Waals surface area contributed by atoms with Crippen molar-refractivity contribution >= 4 is 11.8 Å². The van der Waals surface area contributed by atoms with Gasteiger partial charge >= 0.3 is 0 Å². The second kappa shape index (κ2) is 20.7. The lowest BCUT2D eigenvalue weighted by Gasteiger charge is -2.52. The number of ether oxygens (including phenoxy) is 9. The van der Waals surface area contributed by atoms with E-state index in [1.807, 2.05) is 0 Å². The minimum Gasteiger partial charge on any atom is -0.394 e.